The molecule has 0 aliphatic carbocycles. The van der Waals surface area contributed by atoms with E-state index in [0.717, 1.165) is 13.1 Å². The van der Waals surface area contributed by atoms with Crippen molar-refractivity contribution in [2.75, 3.05) is 18.0 Å². The number of anilines is 1. The van der Waals surface area contributed by atoms with E-state index in [-0.39, 0.29) is 17.2 Å². The molecule has 1 saturated heterocycles. The Morgan fingerprint density at radius 2 is 2.00 bits per heavy atom. The van der Waals surface area contributed by atoms with E-state index < -0.39 is 0 Å². The molecule has 0 amide bonds. The standard InChI is InChI=1S/C13H18N2O3/c1-9-6-14(7-10(9)2)12-4-3-11(8-16)5-13(12)15(17)18/h3-5,9-10,16H,6-8H2,1-2H3. The normalized spacial score (nSPS) is 23.4. The maximum absolute atomic E-state index is 11.1. The fraction of sp³-hybridized carbons (Fsp3) is 0.538. The zero-order chi connectivity index (χ0) is 13.3. The van der Waals surface area contributed by atoms with E-state index in [0.29, 0.717) is 23.1 Å². The highest BCUT2D eigenvalue weighted by atomic mass is 16.6. The summed E-state index contributed by atoms with van der Waals surface area (Å²) < 4.78 is 0. The number of nitro groups is 1. The van der Waals surface area contributed by atoms with E-state index in [2.05, 4.69) is 18.7 Å². The smallest absolute Gasteiger partial charge is 0.292 e. The first-order valence-corrected chi connectivity index (χ1v) is 6.16. The Morgan fingerprint density at radius 3 is 2.50 bits per heavy atom. The highest BCUT2D eigenvalue weighted by molar-refractivity contribution is 5.65. The molecule has 5 heteroatoms. The van der Waals surface area contributed by atoms with Crippen molar-refractivity contribution in [3.8, 4) is 0 Å². The minimum Gasteiger partial charge on any atom is -0.392 e. The van der Waals surface area contributed by atoms with Crippen molar-refractivity contribution in [1.82, 2.24) is 0 Å². The molecule has 1 aliphatic heterocycles. The first kappa shape index (κ1) is 12.8. The summed E-state index contributed by atoms with van der Waals surface area (Å²) in [6.45, 7) is 5.85. The molecule has 1 aliphatic rings. The third kappa shape index (κ3) is 2.31. The second kappa shape index (κ2) is 4.94. The van der Waals surface area contributed by atoms with E-state index in [1.807, 2.05) is 0 Å². The van der Waals surface area contributed by atoms with Crippen molar-refractivity contribution >= 4 is 11.4 Å². The van der Waals surface area contributed by atoms with Gasteiger partial charge in [-0.15, -0.1) is 0 Å². The number of benzene rings is 1. The number of aliphatic hydroxyl groups excluding tert-OH is 1. The van der Waals surface area contributed by atoms with Gasteiger partial charge in [-0.2, -0.15) is 0 Å². The van der Waals surface area contributed by atoms with Crippen LogP contribution in [-0.2, 0) is 6.61 Å². The van der Waals surface area contributed by atoms with E-state index in [9.17, 15) is 10.1 Å². The van der Waals surface area contributed by atoms with Crippen LogP contribution in [0.1, 0.15) is 19.4 Å². The summed E-state index contributed by atoms with van der Waals surface area (Å²) in [4.78, 5) is 12.8. The molecule has 1 N–H and O–H groups in total. The van der Waals surface area contributed by atoms with Crippen LogP contribution in [0.25, 0.3) is 0 Å². The number of aliphatic hydroxyl groups is 1. The number of rotatable bonds is 3. The Bertz CT molecular complexity index is 452. The molecule has 1 aromatic rings. The molecule has 0 spiro atoms. The number of hydrogen-bond acceptors (Lipinski definition) is 4. The summed E-state index contributed by atoms with van der Waals surface area (Å²) in [5.41, 5.74) is 1.32. The van der Waals surface area contributed by atoms with Gasteiger partial charge in [-0.3, -0.25) is 10.1 Å². The lowest BCUT2D eigenvalue weighted by molar-refractivity contribution is -0.384. The third-order valence-corrected chi connectivity index (χ3v) is 3.75. The van der Waals surface area contributed by atoms with Crippen LogP contribution in [-0.4, -0.2) is 23.1 Å². The summed E-state index contributed by atoms with van der Waals surface area (Å²) in [6.07, 6.45) is 0. The molecule has 2 atom stereocenters. The molecule has 1 heterocycles. The predicted molar refractivity (Wildman–Crippen MR) is 69.6 cm³/mol. The molecule has 2 unspecified atom stereocenters. The monoisotopic (exact) mass is 250 g/mol. The largest absolute Gasteiger partial charge is 0.392 e. The van der Waals surface area contributed by atoms with E-state index >= 15 is 0 Å². The first-order chi connectivity index (χ1) is 8.52. The minimum absolute atomic E-state index is 0.0860. The molecule has 2 rings (SSSR count). The number of hydrogen-bond donors (Lipinski definition) is 1. The predicted octanol–water partition coefficient (Wildman–Crippen LogP) is 2.18. The highest BCUT2D eigenvalue weighted by Crippen LogP contribution is 2.34. The van der Waals surface area contributed by atoms with Crippen LogP contribution in [0, 0.1) is 22.0 Å². The van der Waals surface area contributed by atoms with Gasteiger partial charge in [-0.05, 0) is 23.5 Å². The Morgan fingerprint density at radius 1 is 1.39 bits per heavy atom. The Labute approximate surface area is 106 Å². The maximum atomic E-state index is 11.1. The van der Waals surface area contributed by atoms with Gasteiger partial charge in [0.15, 0.2) is 0 Å². The van der Waals surface area contributed by atoms with E-state index in [1.54, 1.807) is 12.1 Å². The van der Waals surface area contributed by atoms with Crippen LogP contribution in [0.2, 0.25) is 0 Å². The van der Waals surface area contributed by atoms with Crippen molar-refractivity contribution in [3.05, 3.63) is 33.9 Å². The van der Waals surface area contributed by atoms with Gasteiger partial charge in [0.1, 0.15) is 5.69 Å². The minimum atomic E-state index is -0.373. The summed E-state index contributed by atoms with van der Waals surface area (Å²) in [5.74, 6) is 1.09. The molecule has 0 bridgehead atoms. The van der Waals surface area contributed by atoms with Crippen molar-refractivity contribution in [3.63, 3.8) is 0 Å². The molecule has 1 aromatic carbocycles. The summed E-state index contributed by atoms with van der Waals surface area (Å²) in [6, 6.07) is 4.95. The van der Waals surface area contributed by atoms with Gasteiger partial charge in [0.05, 0.1) is 11.5 Å². The van der Waals surface area contributed by atoms with Crippen LogP contribution in [0.15, 0.2) is 18.2 Å². The summed E-state index contributed by atoms with van der Waals surface area (Å²) in [5, 5.41) is 20.2. The van der Waals surface area contributed by atoms with Crippen LogP contribution < -0.4 is 4.90 Å². The van der Waals surface area contributed by atoms with Gasteiger partial charge >= 0.3 is 0 Å². The highest BCUT2D eigenvalue weighted by Gasteiger charge is 2.30. The van der Waals surface area contributed by atoms with Crippen LogP contribution in [0.5, 0.6) is 0 Å². The Kier molecular flexibility index (Phi) is 3.52. The van der Waals surface area contributed by atoms with Gasteiger partial charge in [0.2, 0.25) is 0 Å². The topological polar surface area (TPSA) is 66.6 Å². The van der Waals surface area contributed by atoms with Crippen LogP contribution in [0.4, 0.5) is 11.4 Å². The maximum Gasteiger partial charge on any atom is 0.292 e. The molecule has 18 heavy (non-hydrogen) atoms. The number of nitro benzene ring substituents is 1. The Balaban J connectivity index is 2.35. The third-order valence-electron chi connectivity index (χ3n) is 3.75. The molecular formula is C13H18N2O3. The second-order valence-corrected chi connectivity index (χ2v) is 5.10. The van der Waals surface area contributed by atoms with Gasteiger partial charge in [-0.1, -0.05) is 19.9 Å². The Hall–Kier alpha value is -1.62. The van der Waals surface area contributed by atoms with Crippen molar-refractivity contribution in [2.24, 2.45) is 11.8 Å². The lowest BCUT2D eigenvalue weighted by Crippen LogP contribution is -2.20. The van der Waals surface area contributed by atoms with Gasteiger partial charge < -0.3 is 10.0 Å². The quantitative estimate of drug-likeness (QED) is 0.659. The zero-order valence-corrected chi connectivity index (χ0v) is 10.7. The molecule has 98 valence electrons. The SMILES string of the molecule is CC1CN(c2ccc(CO)cc2[N+](=O)[O-])CC1C. The first-order valence-electron chi connectivity index (χ1n) is 6.16. The van der Waals surface area contributed by atoms with E-state index in [1.165, 1.54) is 6.07 Å². The molecule has 0 radical (unpaired) electrons. The molecule has 5 nitrogen and oxygen atoms in total. The zero-order valence-electron chi connectivity index (χ0n) is 10.7. The fourth-order valence-corrected chi connectivity index (χ4v) is 2.41. The molecular weight excluding hydrogens is 232 g/mol. The summed E-state index contributed by atoms with van der Waals surface area (Å²) >= 11 is 0. The van der Waals surface area contributed by atoms with Gasteiger partial charge in [0, 0.05) is 19.2 Å². The number of nitrogens with zero attached hydrogens (tertiary/aromatic N) is 2. The average Bonchev–Trinajstić information content (AvgIpc) is 2.68. The molecule has 0 aromatic heterocycles. The average molecular weight is 250 g/mol. The molecule has 0 saturated carbocycles. The second-order valence-electron chi connectivity index (χ2n) is 5.10. The van der Waals surface area contributed by atoms with Crippen molar-refractivity contribution in [1.29, 1.82) is 0 Å². The lowest BCUT2D eigenvalue weighted by atomic mass is 10.0. The van der Waals surface area contributed by atoms with Gasteiger partial charge in [-0.25, -0.2) is 0 Å². The molecule has 1 fully saturated rings. The summed E-state index contributed by atoms with van der Waals surface area (Å²) in [7, 11) is 0. The van der Waals surface area contributed by atoms with Gasteiger partial charge in [0.25, 0.3) is 5.69 Å². The fourth-order valence-electron chi connectivity index (χ4n) is 2.41. The van der Waals surface area contributed by atoms with E-state index in [4.69, 9.17) is 5.11 Å². The van der Waals surface area contributed by atoms with Crippen molar-refractivity contribution in [2.45, 2.75) is 20.5 Å². The lowest BCUT2D eigenvalue weighted by Gasteiger charge is -2.18. The van der Waals surface area contributed by atoms with Crippen molar-refractivity contribution < 1.29 is 10.0 Å². The van der Waals surface area contributed by atoms with Crippen LogP contribution >= 0.6 is 0 Å². The van der Waals surface area contributed by atoms with Crippen LogP contribution in [0.3, 0.4) is 0 Å².